The summed E-state index contributed by atoms with van der Waals surface area (Å²) < 4.78 is 41.7. The molecule has 1 aromatic carbocycles. The minimum absolute atomic E-state index is 0.0156. The number of rotatable bonds is 5. The lowest BCUT2D eigenvalue weighted by atomic mass is 9.62. The van der Waals surface area contributed by atoms with Crippen molar-refractivity contribution in [3.05, 3.63) is 41.2 Å². The van der Waals surface area contributed by atoms with Crippen molar-refractivity contribution < 1.29 is 12.8 Å². The lowest BCUT2D eigenvalue weighted by molar-refractivity contribution is 0.127. The molecule has 0 radical (unpaired) electrons. The molecule has 1 aliphatic heterocycles. The number of nitrogens with one attached hydrogen (secondary N) is 1. The molecule has 2 fully saturated rings. The van der Waals surface area contributed by atoms with Crippen LogP contribution in [0.1, 0.15) is 55.7 Å². The van der Waals surface area contributed by atoms with E-state index in [1.807, 2.05) is 0 Å². The second kappa shape index (κ2) is 6.67. The summed E-state index contributed by atoms with van der Waals surface area (Å²) in [6.45, 7) is 4.51. The van der Waals surface area contributed by atoms with Crippen molar-refractivity contribution in [1.82, 2.24) is 19.5 Å². The van der Waals surface area contributed by atoms with Crippen LogP contribution in [0.2, 0.25) is 0 Å². The van der Waals surface area contributed by atoms with Crippen LogP contribution in [0.25, 0.3) is 0 Å². The molecule has 4 rings (SSSR count). The first-order valence-corrected chi connectivity index (χ1v) is 11.0. The number of aromatic amines is 1. The molecule has 1 atom stereocenters. The molecule has 1 saturated heterocycles. The van der Waals surface area contributed by atoms with Crippen molar-refractivity contribution in [3.63, 3.8) is 0 Å². The fraction of sp³-hybridized carbons (Fsp3) is 0.579. The third-order valence-electron chi connectivity index (χ3n) is 6.09. The SMILES string of the molecule is CCCc1nc(C2CN(S(=O)(=O)c3ccc(C)c(F)c3)CC23CCC3)n[nH]1. The molecule has 1 saturated carbocycles. The Morgan fingerprint density at radius 3 is 2.78 bits per heavy atom. The Balaban J connectivity index is 1.64. The van der Waals surface area contributed by atoms with Crippen molar-refractivity contribution in [2.75, 3.05) is 13.1 Å². The van der Waals surface area contributed by atoms with E-state index in [4.69, 9.17) is 0 Å². The summed E-state index contributed by atoms with van der Waals surface area (Å²) in [5.41, 5.74) is 0.343. The molecule has 0 bridgehead atoms. The lowest BCUT2D eigenvalue weighted by Crippen LogP contribution is -2.38. The Hall–Kier alpha value is -1.80. The number of nitrogens with zero attached hydrogens (tertiary/aromatic N) is 3. The Bertz CT molecular complexity index is 952. The second-order valence-electron chi connectivity index (χ2n) is 7.87. The zero-order valence-corrected chi connectivity index (χ0v) is 16.5. The van der Waals surface area contributed by atoms with E-state index in [2.05, 4.69) is 22.1 Å². The van der Waals surface area contributed by atoms with Gasteiger partial charge in [0.2, 0.25) is 10.0 Å². The quantitative estimate of drug-likeness (QED) is 0.848. The number of hydrogen-bond acceptors (Lipinski definition) is 4. The maximum absolute atomic E-state index is 13.9. The summed E-state index contributed by atoms with van der Waals surface area (Å²) >= 11 is 0. The standard InChI is InChI=1S/C19H25FN4O2S/c1-3-5-17-21-18(23-22-17)15-11-24(12-19(15)8-4-9-19)27(25,26)14-7-6-13(2)16(20)10-14/h6-7,10,15H,3-5,8-9,11-12H2,1-2H3,(H,21,22,23). The summed E-state index contributed by atoms with van der Waals surface area (Å²) in [6, 6.07) is 4.12. The van der Waals surface area contributed by atoms with E-state index in [0.29, 0.717) is 24.5 Å². The van der Waals surface area contributed by atoms with Crippen LogP contribution >= 0.6 is 0 Å². The molecule has 1 aliphatic carbocycles. The van der Waals surface area contributed by atoms with E-state index >= 15 is 0 Å². The fourth-order valence-corrected chi connectivity index (χ4v) is 5.86. The zero-order chi connectivity index (χ0) is 19.2. The Morgan fingerprint density at radius 2 is 2.15 bits per heavy atom. The van der Waals surface area contributed by atoms with E-state index in [1.165, 1.54) is 16.4 Å². The van der Waals surface area contributed by atoms with Gasteiger partial charge in [-0.05, 0) is 49.3 Å². The van der Waals surface area contributed by atoms with Crippen molar-refractivity contribution in [3.8, 4) is 0 Å². The monoisotopic (exact) mass is 392 g/mol. The molecule has 0 amide bonds. The highest BCUT2D eigenvalue weighted by molar-refractivity contribution is 7.89. The highest BCUT2D eigenvalue weighted by Gasteiger charge is 2.55. The molecule has 146 valence electrons. The van der Waals surface area contributed by atoms with Gasteiger partial charge in [-0.1, -0.05) is 19.4 Å². The summed E-state index contributed by atoms with van der Waals surface area (Å²) in [5.74, 6) is 1.05. The number of hydrogen-bond donors (Lipinski definition) is 1. The largest absolute Gasteiger partial charge is 0.263 e. The van der Waals surface area contributed by atoms with Gasteiger partial charge in [0.1, 0.15) is 11.6 Å². The number of sulfonamides is 1. The van der Waals surface area contributed by atoms with Gasteiger partial charge < -0.3 is 0 Å². The van der Waals surface area contributed by atoms with Crippen LogP contribution in [0, 0.1) is 18.2 Å². The number of H-pyrrole nitrogens is 1. The van der Waals surface area contributed by atoms with E-state index in [0.717, 1.165) is 44.0 Å². The summed E-state index contributed by atoms with van der Waals surface area (Å²) in [5, 5.41) is 7.38. The van der Waals surface area contributed by atoms with E-state index < -0.39 is 15.8 Å². The van der Waals surface area contributed by atoms with E-state index in [1.54, 1.807) is 6.92 Å². The maximum Gasteiger partial charge on any atom is 0.243 e. The molecular formula is C19H25FN4O2S. The molecule has 27 heavy (non-hydrogen) atoms. The van der Waals surface area contributed by atoms with Crippen LogP contribution in [-0.2, 0) is 16.4 Å². The first-order chi connectivity index (χ1) is 12.9. The Labute approximate surface area is 159 Å². The van der Waals surface area contributed by atoms with Gasteiger partial charge in [0.05, 0.1) is 4.90 Å². The molecule has 8 heteroatoms. The molecule has 2 heterocycles. The third-order valence-corrected chi connectivity index (χ3v) is 7.90. The van der Waals surface area contributed by atoms with Crippen molar-refractivity contribution in [2.24, 2.45) is 5.41 Å². The number of halogens is 1. The van der Waals surface area contributed by atoms with E-state index in [9.17, 15) is 12.8 Å². The van der Waals surface area contributed by atoms with Crippen LogP contribution in [0.3, 0.4) is 0 Å². The fourth-order valence-electron chi connectivity index (χ4n) is 4.30. The van der Waals surface area contributed by atoms with Gasteiger partial charge in [-0.15, -0.1) is 0 Å². The molecule has 2 aromatic rings. The third kappa shape index (κ3) is 3.08. The summed E-state index contributed by atoms with van der Waals surface area (Å²) in [4.78, 5) is 4.64. The average molecular weight is 393 g/mol. The minimum atomic E-state index is -3.74. The molecule has 1 N–H and O–H groups in total. The maximum atomic E-state index is 13.9. The van der Waals surface area contributed by atoms with Crippen molar-refractivity contribution in [2.45, 2.75) is 56.8 Å². The topological polar surface area (TPSA) is 79.0 Å². The predicted octanol–water partition coefficient (Wildman–Crippen LogP) is 3.16. The van der Waals surface area contributed by atoms with Crippen LogP contribution < -0.4 is 0 Å². The van der Waals surface area contributed by atoms with Gasteiger partial charge in [-0.2, -0.15) is 9.40 Å². The molecule has 1 spiro atoms. The normalized spacial score (nSPS) is 22.3. The van der Waals surface area contributed by atoms with E-state index in [-0.39, 0.29) is 16.2 Å². The second-order valence-corrected chi connectivity index (χ2v) is 9.81. The zero-order valence-electron chi connectivity index (χ0n) is 15.7. The molecule has 6 nitrogen and oxygen atoms in total. The Kier molecular flexibility index (Phi) is 4.58. The number of aryl methyl sites for hydroxylation is 2. The van der Waals surface area contributed by atoms with Gasteiger partial charge in [0, 0.05) is 25.4 Å². The highest BCUT2D eigenvalue weighted by Crippen LogP contribution is 2.56. The first-order valence-electron chi connectivity index (χ1n) is 9.53. The molecular weight excluding hydrogens is 367 g/mol. The van der Waals surface area contributed by atoms with Crippen molar-refractivity contribution in [1.29, 1.82) is 0 Å². The molecule has 1 unspecified atom stereocenters. The molecule has 2 aliphatic rings. The summed E-state index contributed by atoms with van der Waals surface area (Å²) in [6.07, 6.45) is 4.85. The lowest BCUT2D eigenvalue weighted by Gasteiger charge is -2.41. The van der Waals surface area contributed by atoms with Gasteiger partial charge >= 0.3 is 0 Å². The van der Waals surface area contributed by atoms with Crippen molar-refractivity contribution >= 4 is 10.0 Å². The summed E-state index contributed by atoms with van der Waals surface area (Å²) in [7, 11) is -3.74. The van der Waals surface area contributed by atoms with Gasteiger partial charge in [-0.3, -0.25) is 5.10 Å². The van der Waals surface area contributed by atoms with Crippen LogP contribution in [0.4, 0.5) is 4.39 Å². The highest BCUT2D eigenvalue weighted by atomic mass is 32.2. The van der Waals surface area contributed by atoms with Crippen LogP contribution in [0.5, 0.6) is 0 Å². The van der Waals surface area contributed by atoms with Crippen LogP contribution in [0.15, 0.2) is 23.1 Å². The number of aromatic nitrogens is 3. The first kappa shape index (κ1) is 18.6. The number of benzene rings is 1. The van der Waals surface area contributed by atoms with Gasteiger partial charge in [-0.25, -0.2) is 17.8 Å². The molecule has 1 aromatic heterocycles. The van der Waals surface area contributed by atoms with Crippen LogP contribution in [-0.4, -0.2) is 41.0 Å². The van der Waals surface area contributed by atoms with Gasteiger partial charge in [0.25, 0.3) is 0 Å². The smallest absolute Gasteiger partial charge is 0.243 e. The minimum Gasteiger partial charge on any atom is -0.263 e. The predicted molar refractivity (Wildman–Crippen MR) is 99.3 cm³/mol. The average Bonchev–Trinajstić information content (AvgIpc) is 3.21. The Morgan fingerprint density at radius 1 is 1.37 bits per heavy atom. The van der Waals surface area contributed by atoms with Gasteiger partial charge in [0.15, 0.2) is 5.82 Å².